The zero-order valence-electron chi connectivity index (χ0n) is 19.3. The van der Waals surface area contributed by atoms with Crippen molar-refractivity contribution < 1.29 is 9.90 Å². The standard InChI is InChI=1S/C26H27N7O2/c27-13-18-9-10-22-23(12-18)33(17-28-22)15-20-6-4-5-19(11-20)14-32(26(34)35)16-24-29-25(31-30-24)21-7-2-1-3-8-21/h1-3,7-10,12,17,19-20H,4-6,11,14-16H2,(H,34,35)(H,29,30,31). The fourth-order valence-electron chi connectivity index (χ4n) is 5.07. The first-order valence-corrected chi connectivity index (χ1v) is 11.9. The Morgan fingerprint density at radius 1 is 1.20 bits per heavy atom. The number of nitrogens with one attached hydrogen (secondary N) is 1. The SMILES string of the molecule is N#Cc1ccc2ncn(CC3CCCC(CN(Cc4nc(-c5ccccc5)n[nH]4)C(=O)O)C3)c2c1. The maximum absolute atomic E-state index is 12.0. The number of carboxylic acid groups (broad SMARTS) is 1. The van der Waals surface area contributed by atoms with Gasteiger partial charge in [-0.05, 0) is 49.3 Å². The van der Waals surface area contributed by atoms with Crippen molar-refractivity contribution in [3.05, 3.63) is 66.2 Å². The highest BCUT2D eigenvalue weighted by Gasteiger charge is 2.27. The van der Waals surface area contributed by atoms with Crippen LogP contribution in [0.1, 0.15) is 37.1 Å². The Kier molecular flexibility index (Phi) is 6.44. The lowest BCUT2D eigenvalue weighted by atomic mass is 9.81. The monoisotopic (exact) mass is 469 g/mol. The Labute approximate surface area is 203 Å². The van der Waals surface area contributed by atoms with Gasteiger partial charge >= 0.3 is 6.09 Å². The van der Waals surface area contributed by atoms with Gasteiger partial charge in [0.1, 0.15) is 5.82 Å². The second kappa shape index (κ2) is 9.97. The first-order chi connectivity index (χ1) is 17.1. The summed E-state index contributed by atoms with van der Waals surface area (Å²) >= 11 is 0. The minimum Gasteiger partial charge on any atom is -0.465 e. The number of hydrogen-bond acceptors (Lipinski definition) is 5. The van der Waals surface area contributed by atoms with Crippen LogP contribution in [0.15, 0.2) is 54.9 Å². The molecule has 1 aliphatic carbocycles. The van der Waals surface area contributed by atoms with Crippen LogP contribution in [0.25, 0.3) is 22.4 Å². The summed E-state index contributed by atoms with van der Waals surface area (Å²) < 4.78 is 2.12. The second-order valence-corrected chi connectivity index (χ2v) is 9.25. The van der Waals surface area contributed by atoms with Crippen molar-refractivity contribution in [3.63, 3.8) is 0 Å². The van der Waals surface area contributed by atoms with Gasteiger partial charge in [-0.15, -0.1) is 0 Å². The number of benzene rings is 2. The molecule has 5 rings (SSSR count). The number of amides is 1. The summed E-state index contributed by atoms with van der Waals surface area (Å²) in [6.45, 7) is 1.47. The van der Waals surface area contributed by atoms with Gasteiger partial charge in [0.25, 0.3) is 0 Å². The molecule has 0 spiro atoms. The zero-order valence-corrected chi connectivity index (χ0v) is 19.3. The van der Waals surface area contributed by atoms with Crippen LogP contribution in [0, 0.1) is 23.2 Å². The Bertz CT molecular complexity index is 1360. The molecule has 0 saturated heterocycles. The molecule has 1 saturated carbocycles. The van der Waals surface area contributed by atoms with Gasteiger partial charge in [-0.3, -0.25) is 5.10 Å². The van der Waals surface area contributed by atoms with Gasteiger partial charge in [0, 0.05) is 18.7 Å². The van der Waals surface area contributed by atoms with Crippen molar-refractivity contribution in [1.82, 2.24) is 29.6 Å². The van der Waals surface area contributed by atoms with Gasteiger partial charge in [-0.2, -0.15) is 10.4 Å². The number of hydrogen-bond donors (Lipinski definition) is 2. The summed E-state index contributed by atoms with van der Waals surface area (Å²) in [7, 11) is 0. The Morgan fingerprint density at radius 2 is 2.03 bits per heavy atom. The number of nitriles is 1. The number of aromatic amines is 1. The van der Waals surface area contributed by atoms with Gasteiger partial charge in [0.15, 0.2) is 5.82 Å². The lowest BCUT2D eigenvalue weighted by Gasteiger charge is -2.32. The van der Waals surface area contributed by atoms with E-state index in [1.54, 1.807) is 6.07 Å². The molecule has 178 valence electrons. The van der Waals surface area contributed by atoms with E-state index >= 15 is 0 Å². The van der Waals surface area contributed by atoms with Crippen LogP contribution in [-0.2, 0) is 13.1 Å². The number of carbonyl (C=O) groups is 1. The van der Waals surface area contributed by atoms with Crippen LogP contribution >= 0.6 is 0 Å². The number of aromatic nitrogens is 5. The minimum absolute atomic E-state index is 0.180. The van der Waals surface area contributed by atoms with E-state index in [1.807, 2.05) is 48.8 Å². The van der Waals surface area contributed by atoms with Gasteiger partial charge in [0.05, 0.1) is 35.5 Å². The number of imidazole rings is 1. The molecular weight excluding hydrogens is 442 g/mol. The minimum atomic E-state index is -0.950. The summed E-state index contributed by atoms with van der Waals surface area (Å²) in [5.74, 6) is 1.82. The van der Waals surface area contributed by atoms with Crippen LogP contribution in [0.5, 0.6) is 0 Å². The molecule has 2 atom stereocenters. The van der Waals surface area contributed by atoms with E-state index in [4.69, 9.17) is 0 Å². The fraction of sp³-hybridized carbons (Fsp3) is 0.346. The topological polar surface area (TPSA) is 124 Å². The third-order valence-corrected chi connectivity index (χ3v) is 6.75. The Morgan fingerprint density at radius 3 is 2.83 bits per heavy atom. The molecule has 2 N–H and O–H groups in total. The highest BCUT2D eigenvalue weighted by Crippen LogP contribution is 2.32. The van der Waals surface area contributed by atoms with E-state index in [2.05, 4.69) is 30.8 Å². The Balaban J connectivity index is 1.23. The summed E-state index contributed by atoms with van der Waals surface area (Å²) in [6.07, 6.45) is 5.02. The van der Waals surface area contributed by atoms with E-state index in [9.17, 15) is 15.2 Å². The molecule has 0 bridgehead atoms. The molecule has 1 amide bonds. The van der Waals surface area contributed by atoms with Crippen LogP contribution in [0.3, 0.4) is 0 Å². The molecule has 2 aromatic heterocycles. The molecule has 2 heterocycles. The molecule has 9 nitrogen and oxygen atoms in total. The predicted octanol–water partition coefficient (Wildman–Crippen LogP) is 4.68. The molecule has 9 heteroatoms. The molecule has 1 aliphatic rings. The Hall–Kier alpha value is -4.19. The van der Waals surface area contributed by atoms with Crippen LogP contribution < -0.4 is 0 Å². The molecule has 0 radical (unpaired) electrons. The van der Waals surface area contributed by atoms with Crippen molar-refractivity contribution in [1.29, 1.82) is 5.26 Å². The molecule has 1 fully saturated rings. The number of fused-ring (bicyclic) bond motifs is 1. The summed E-state index contributed by atoms with van der Waals surface area (Å²) in [4.78, 5) is 22.4. The van der Waals surface area contributed by atoms with Crippen molar-refractivity contribution >= 4 is 17.1 Å². The van der Waals surface area contributed by atoms with Crippen LogP contribution in [0.2, 0.25) is 0 Å². The van der Waals surface area contributed by atoms with Crippen molar-refractivity contribution in [3.8, 4) is 17.5 Å². The maximum Gasteiger partial charge on any atom is 0.407 e. The molecule has 0 aliphatic heterocycles. The fourth-order valence-corrected chi connectivity index (χ4v) is 5.07. The summed E-state index contributed by atoms with van der Waals surface area (Å²) in [6, 6.07) is 17.4. The van der Waals surface area contributed by atoms with Gasteiger partial charge in [-0.1, -0.05) is 36.8 Å². The summed E-state index contributed by atoms with van der Waals surface area (Å²) in [5.41, 5.74) is 3.37. The number of H-pyrrole nitrogens is 1. The average molecular weight is 470 g/mol. The van der Waals surface area contributed by atoms with Crippen molar-refractivity contribution in [2.24, 2.45) is 11.8 Å². The smallest absolute Gasteiger partial charge is 0.407 e. The lowest BCUT2D eigenvalue weighted by molar-refractivity contribution is 0.119. The van der Waals surface area contributed by atoms with E-state index in [0.29, 0.717) is 29.7 Å². The lowest BCUT2D eigenvalue weighted by Crippen LogP contribution is -2.36. The average Bonchev–Trinajstić information content (AvgIpc) is 3.51. The molecule has 4 aromatic rings. The maximum atomic E-state index is 12.0. The highest BCUT2D eigenvalue weighted by atomic mass is 16.4. The quantitative estimate of drug-likeness (QED) is 0.405. The van der Waals surface area contributed by atoms with Crippen molar-refractivity contribution in [2.75, 3.05) is 6.54 Å². The predicted molar refractivity (Wildman–Crippen MR) is 130 cm³/mol. The molecule has 2 unspecified atom stereocenters. The van der Waals surface area contributed by atoms with Crippen molar-refractivity contribution in [2.45, 2.75) is 38.8 Å². The zero-order chi connectivity index (χ0) is 24.2. The van der Waals surface area contributed by atoms with Crippen LogP contribution in [0.4, 0.5) is 4.79 Å². The highest BCUT2D eigenvalue weighted by molar-refractivity contribution is 5.77. The first-order valence-electron chi connectivity index (χ1n) is 11.9. The second-order valence-electron chi connectivity index (χ2n) is 9.25. The van der Waals surface area contributed by atoms with Gasteiger partial charge < -0.3 is 14.6 Å². The van der Waals surface area contributed by atoms with E-state index in [0.717, 1.165) is 48.8 Å². The number of rotatable bonds is 7. The molecule has 2 aromatic carbocycles. The van der Waals surface area contributed by atoms with E-state index in [1.165, 1.54) is 4.90 Å². The van der Waals surface area contributed by atoms with E-state index < -0.39 is 6.09 Å². The van der Waals surface area contributed by atoms with Gasteiger partial charge in [0.2, 0.25) is 0 Å². The normalized spacial score (nSPS) is 17.8. The van der Waals surface area contributed by atoms with Gasteiger partial charge in [-0.25, -0.2) is 14.8 Å². The summed E-state index contributed by atoms with van der Waals surface area (Å²) in [5, 5.41) is 26.2. The van der Waals surface area contributed by atoms with Crippen LogP contribution in [-0.4, -0.2) is 47.4 Å². The molecular formula is C26H27N7O2. The number of nitrogens with zero attached hydrogens (tertiary/aromatic N) is 6. The third-order valence-electron chi connectivity index (χ3n) is 6.75. The third kappa shape index (κ3) is 5.17. The first kappa shape index (κ1) is 22.6. The van der Waals surface area contributed by atoms with E-state index in [-0.39, 0.29) is 12.5 Å². The largest absolute Gasteiger partial charge is 0.465 e. The molecule has 35 heavy (non-hydrogen) atoms.